The highest BCUT2D eigenvalue weighted by molar-refractivity contribution is 5.94. The van der Waals surface area contributed by atoms with Crippen molar-refractivity contribution >= 4 is 5.91 Å². The summed E-state index contributed by atoms with van der Waals surface area (Å²) in [6.07, 6.45) is 6.78. The Morgan fingerprint density at radius 2 is 1.49 bits per heavy atom. The normalized spacial score (nSPS) is 20.2. The molecule has 41 heavy (non-hydrogen) atoms. The highest BCUT2D eigenvalue weighted by Crippen LogP contribution is 2.40. The maximum atomic E-state index is 12.6. The van der Waals surface area contributed by atoms with Crippen LogP contribution in [0.3, 0.4) is 0 Å². The van der Waals surface area contributed by atoms with Crippen LogP contribution in [0.2, 0.25) is 0 Å². The molecule has 2 N–H and O–H groups in total. The largest absolute Gasteiger partial charge is 0.573 e. The Morgan fingerprint density at radius 3 is 2.07 bits per heavy atom. The highest BCUT2D eigenvalue weighted by atomic mass is 19.4. The van der Waals surface area contributed by atoms with Gasteiger partial charge in [0, 0.05) is 24.7 Å². The highest BCUT2D eigenvalue weighted by Gasteiger charge is 2.32. The number of carbonyl (C=O) groups is 1. The topological polar surface area (TPSA) is 96.0 Å². The predicted octanol–water partition coefficient (Wildman–Crippen LogP) is 6.17. The summed E-state index contributed by atoms with van der Waals surface area (Å²) in [6.45, 7) is 1.49. The molecule has 220 valence electrons. The zero-order valence-corrected chi connectivity index (χ0v) is 23.1. The van der Waals surface area contributed by atoms with Gasteiger partial charge >= 0.3 is 6.36 Å². The van der Waals surface area contributed by atoms with Crippen LogP contribution in [-0.4, -0.2) is 43.8 Å². The number of rotatable bonds is 10. The third-order valence-electron chi connectivity index (χ3n) is 8.51. The minimum absolute atomic E-state index is 0.182. The summed E-state index contributed by atoms with van der Waals surface area (Å²) in [5.74, 6) is 1.63. The lowest BCUT2D eigenvalue weighted by Gasteiger charge is -2.40. The molecule has 0 atom stereocenters. The van der Waals surface area contributed by atoms with Gasteiger partial charge in [-0.05, 0) is 72.9 Å². The van der Waals surface area contributed by atoms with Crippen LogP contribution in [0, 0.1) is 11.8 Å². The van der Waals surface area contributed by atoms with Gasteiger partial charge in [-0.1, -0.05) is 61.6 Å². The first kappa shape index (κ1) is 29.0. The smallest absolute Gasteiger partial charge is 0.406 e. The van der Waals surface area contributed by atoms with E-state index in [0.717, 1.165) is 35.8 Å². The van der Waals surface area contributed by atoms with Crippen molar-refractivity contribution < 1.29 is 22.7 Å². The van der Waals surface area contributed by atoms with Crippen molar-refractivity contribution in [2.45, 2.75) is 89.8 Å². The van der Waals surface area contributed by atoms with Gasteiger partial charge in [0.15, 0.2) is 5.82 Å². The average molecular weight is 571 g/mol. The average Bonchev–Trinajstić information content (AvgIpc) is 3.51. The van der Waals surface area contributed by atoms with Crippen LogP contribution in [-0.2, 0) is 19.6 Å². The Bertz CT molecular complexity index is 1220. The minimum Gasteiger partial charge on any atom is -0.406 e. The van der Waals surface area contributed by atoms with Crippen molar-refractivity contribution in [2.24, 2.45) is 11.8 Å². The van der Waals surface area contributed by atoms with Crippen molar-refractivity contribution in [3.05, 3.63) is 71.0 Å². The molecular weight excluding hydrogens is 533 g/mol. The molecule has 0 radical (unpaired) electrons. The fraction of sp³-hybridized carbons (Fsp3) is 0.533. The Morgan fingerprint density at radius 1 is 0.878 bits per heavy atom. The lowest BCUT2D eigenvalue weighted by Crippen LogP contribution is -2.38. The number of tetrazole rings is 1. The number of hydrogen-bond donors (Lipinski definition) is 2. The molecule has 1 aromatic heterocycles. The van der Waals surface area contributed by atoms with Crippen LogP contribution < -0.4 is 10.1 Å². The van der Waals surface area contributed by atoms with Gasteiger partial charge in [0.2, 0.25) is 0 Å². The van der Waals surface area contributed by atoms with Crippen LogP contribution in [0.5, 0.6) is 5.75 Å². The van der Waals surface area contributed by atoms with E-state index in [9.17, 15) is 18.0 Å². The number of ether oxygens (including phenoxy) is 1. The van der Waals surface area contributed by atoms with Gasteiger partial charge in [-0.2, -0.15) is 5.21 Å². The number of carbonyl (C=O) groups excluding carboxylic acids is 1. The molecule has 0 spiro atoms. The molecule has 0 unspecified atom stereocenters. The van der Waals surface area contributed by atoms with Crippen LogP contribution in [0.4, 0.5) is 13.2 Å². The van der Waals surface area contributed by atoms with E-state index in [1.54, 1.807) is 12.1 Å². The lowest BCUT2D eigenvalue weighted by atomic mass is 9.72. The number of aromatic amines is 1. The van der Waals surface area contributed by atoms with Gasteiger partial charge in [-0.15, -0.1) is 23.4 Å². The first-order chi connectivity index (χ1) is 19.8. The maximum absolute atomic E-state index is 12.6. The molecule has 0 aliphatic heterocycles. The standard InChI is InChI=1S/C30H37F3N6O2/c31-30(32,33)41-27-16-8-22(9-17-27)20-39(26-14-12-24(13-15-26)23-4-2-1-3-5-23)19-21-6-10-25(11-7-21)29(40)34-18-28-35-37-38-36-28/h6-11,16-17,23-24,26H,1-5,12-15,18-20H2,(H,34,40)(H,35,36,37,38)/t24-,26+. The Kier molecular flexibility index (Phi) is 9.53. The number of nitrogens with one attached hydrogen (secondary N) is 2. The van der Waals surface area contributed by atoms with Crippen LogP contribution in [0.1, 0.15) is 85.1 Å². The quantitative estimate of drug-likeness (QED) is 0.303. The van der Waals surface area contributed by atoms with Crippen molar-refractivity contribution in [2.75, 3.05) is 0 Å². The van der Waals surface area contributed by atoms with Crippen molar-refractivity contribution in [1.82, 2.24) is 30.8 Å². The van der Waals surface area contributed by atoms with E-state index >= 15 is 0 Å². The number of hydrogen-bond acceptors (Lipinski definition) is 6. The van der Waals surface area contributed by atoms with E-state index in [1.165, 1.54) is 57.1 Å². The molecular formula is C30H37F3N6O2. The Balaban J connectivity index is 1.24. The van der Waals surface area contributed by atoms with Gasteiger partial charge in [-0.3, -0.25) is 9.69 Å². The van der Waals surface area contributed by atoms with E-state index in [4.69, 9.17) is 0 Å². The molecule has 2 saturated carbocycles. The zero-order valence-electron chi connectivity index (χ0n) is 23.1. The number of amides is 1. The molecule has 2 aromatic carbocycles. The maximum Gasteiger partial charge on any atom is 0.573 e. The van der Waals surface area contributed by atoms with Gasteiger partial charge < -0.3 is 10.1 Å². The van der Waals surface area contributed by atoms with Gasteiger partial charge in [0.25, 0.3) is 5.91 Å². The number of alkyl halides is 3. The second kappa shape index (κ2) is 13.5. The summed E-state index contributed by atoms with van der Waals surface area (Å²) in [5.41, 5.74) is 2.55. The van der Waals surface area contributed by atoms with Gasteiger partial charge in [0.1, 0.15) is 5.75 Å². The van der Waals surface area contributed by atoms with Gasteiger partial charge in [0.05, 0.1) is 6.54 Å². The monoisotopic (exact) mass is 570 g/mol. The van der Waals surface area contributed by atoms with Crippen LogP contribution >= 0.6 is 0 Å². The molecule has 8 nitrogen and oxygen atoms in total. The molecule has 0 bridgehead atoms. The summed E-state index contributed by atoms with van der Waals surface area (Å²) >= 11 is 0. The SMILES string of the molecule is O=C(NCc1nn[nH]n1)c1ccc(CN(Cc2ccc(OC(F)(F)F)cc2)[C@H]2CC[C@@H](C3CCCCC3)CC2)cc1. The van der Waals surface area contributed by atoms with E-state index < -0.39 is 6.36 Å². The van der Waals surface area contributed by atoms with Crippen molar-refractivity contribution in [3.8, 4) is 5.75 Å². The van der Waals surface area contributed by atoms with Crippen molar-refractivity contribution in [1.29, 1.82) is 0 Å². The first-order valence-electron chi connectivity index (χ1n) is 14.5. The molecule has 1 heterocycles. The van der Waals surface area contributed by atoms with E-state index in [2.05, 4.69) is 35.6 Å². The molecule has 1 amide bonds. The minimum atomic E-state index is -4.71. The van der Waals surface area contributed by atoms with Crippen LogP contribution in [0.15, 0.2) is 48.5 Å². The van der Waals surface area contributed by atoms with E-state index in [-0.39, 0.29) is 18.2 Å². The number of H-pyrrole nitrogens is 1. The zero-order chi connectivity index (χ0) is 28.7. The molecule has 2 fully saturated rings. The fourth-order valence-electron chi connectivity index (χ4n) is 6.40. The fourth-order valence-corrected chi connectivity index (χ4v) is 6.40. The summed E-state index contributed by atoms with van der Waals surface area (Å²) in [6, 6.07) is 14.1. The third-order valence-corrected chi connectivity index (χ3v) is 8.51. The lowest BCUT2D eigenvalue weighted by molar-refractivity contribution is -0.274. The molecule has 11 heteroatoms. The Hall–Kier alpha value is -3.47. The molecule has 0 saturated heterocycles. The predicted molar refractivity (Wildman–Crippen MR) is 146 cm³/mol. The number of nitrogens with zero attached hydrogens (tertiary/aromatic N) is 4. The molecule has 2 aliphatic carbocycles. The number of aromatic nitrogens is 4. The first-order valence-corrected chi connectivity index (χ1v) is 14.5. The molecule has 3 aromatic rings. The Labute approximate surface area is 238 Å². The number of halogens is 3. The summed E-state index contributed by atoms with van der Waals surface area (Å²) in [4.78, 5) is 15.0. The second-order valence-electron chi connectivity index (χ2n) is 11.3. The summed E-state index contributed by atoms with van der Waals surface area (Å²) < 4.78 is 41.9. The van der Waals surface area contributed by atoms with Gasteiger partial charge in [-0.25, -0.2) is 0 Å². The summed E-state index contributed by atoms with van der Waals surface area (Å²) in [7, 11) is 0. The second-order valence-corrected chi connectivity index (χ2v) is 11.3. The van der Waals surface area contributed by atoms with Crippen molar-refractivity contribution in [3.63, 3.8) is 0 Å². The van der Waals surface area contributed by atoms with E-state index in [1.807, 2.05) is 24.3 Å². The summed E-state index contributed by atoms with van der Waals surface area (Å²) in [5, 5.41) is 16.3. The number of benzene rings is 2. The van der Waals surface area contributed by atoms with Crippen LogP contribution in [0.25, 0.3) is 0 Å². The van der Waals surface area contributed by atoms with E-state index in [0.29, 0.717) is 30.5 Å². The molecule has 5 rings (SSSR count). The molecule has 2 aliphatic rings. The third kappa shape index (κ3) is 8.51.